The Balaban J connectivity index is 2.93. The Morgan fingerprint density at radius 2 is 1.87 bits per heavy atom. The summed E-state index contributed by atoms with van der Waals surface area (Å²) in [5.74, 6) is 0.0624. The Bertz CT molecular complexity index is 327. The SMILES string of the molecule is CCN(C(=O)c1ccncc1)C(C)(C)C. The first-order valence-corrected chi connectivity index (χ1v) is 5.19. The molecule has 1 rings (SSSR count). The van der Waals surface area contributed by atoms with Gasteiger partial charge < -0.3 is 4.90 Å². The quantitative estimate of drug-likeness (QED) is 0.744. The van der Waals surface area contributed by atoms with Crippen LogP contribution in [0, 0.1) is 0 Å². The molecule has 0 fully saturated rings. The molecule has 0 aliphatic rings. The van der Waals surface area contributed by atoms with E-state index in [1.54, 1.807) is 24.5 Å². The van der Waals surface area contributed by atoms with Crippen LogP contribution in [0.15, 0.2) is 24.5 Å². The predicted molar refractivity (Wildman–Crippen MR) is 60.7 cm³/mol. The summed E-state index contributed by atoms with van der Waals surface area (Å²) in [6.45, 7) is 8.82. The highest BCUT2D eigenvalue weighted by Crippen LogP contribution is 2.16. The lowest BCUT2D eigenvalue weighted by Gasteiger charge is -2.34. The Morgan fingerprint density at radius 1 is 1.33 bits per heavy atom. The van der Waals surface area contributed by atoms with E-state index in [0.717, 1.165) is 0 Å². The minimum Gasteiger partial charge on any atom is -0.334 e. The third-order valence-electron chi connectivity index (χ3n) is 2.30. The number of carbonyl (C=O) groups excluding carboxylic acids is 1. The van der Waals surface area contributed by atoms with Crippen molar-refractivity contribution in [3.8, 4) is 0 Å². The molecule has 0 saturated heterocycles. The van der Waals surface area contributed by atoms with Crippen molar-refractivity contribution < 1.29 is 4.79 Å². The summed E-state index contributed by atoms with van der Waals surface area (Å²) in [4.78, 5) is 17.9. The van der Waals surface area contributed by atoms with Crippen molar-refractivity contribution in [3.63, 3.8) is 0 Å². The van der Waals surface area contributed by atoms with Crippen molar-refractivity contribution in [1.82, 2.24) is 9.88 Å². The molecule has 3 heteroatoms. The maximum atomic E-state index is 12.1. The van der Waals surface area contributed by atoms with Crippen molar-refractivity contribution in [2.75, 3.05) is 6.54 Å². The van der Waals surface area contributed by atoms with Crippen LogP contribution in [0.2, 0.25) is 0 Å². The second-order valence-electron chi connectivity index (χ2n) is 4.46. The minimum absolute atomic E-state index is 0.0624. The van der Waals surface area contributed by atoms with Crippen molar-refractivity contribution in [3.05, 3.63) is 30.1 Å². The molecule has 0 N–H and O–H groups in total. The summed E-state index contributed by atoms with van der Waals surface area (Å²) in [6, 6.07) is 3.49. The predicted octanol–water partition coefficient (Wildman–Crippen LogP) is 2.34. The molecule has 1 heterocycles. The highest BCUT2D eigenvalue weighted by Gasteiger charge is 2.25. The maximum absolute atomic E-state index is 12.1. The second-order valence-corrected chi connectivity index (χ2v) is 4.46. The van der Waals surface area contributed by atoms with E-state index >= 15 is 0 Å². The summed E-state index contributed by atoms with van der Waals surface area (Å²) in [6.07, 6.45) is 3.29. The van der Waals surface area contributed by atoms with Gasteiger partial charge in [0.2, 0.25) is 0 Å². The van der Waals surface area contributed by atoms with E-state index in [9.17, 15) is 4.79 Å². The Kier molecular flexibility index (Phi) is 3.45. The zero-order valence-electron chi connectivity index (χ0n) is 9.82. The molecule has 1 aromatic heterocycles. The van der Waals surface area contributed by atoms with E-state index in [1.165, 1.54) is 0 Å². The standard InChI is InChI=1S/C12H18N2O/c1-5-14(12(2,3)4)11(15)10-6-8-13-9-7-10/h6-9H,5H2,1-4H3. The first kappa shape index (κ1) is 11.7. The van der Waals surface area contributed by atoms with Crippen LogP contribution < -0.4 is 0 Å². The molecular formula is C12H18N2O. The smallest absolute Gasteiger partial charge is 0.254 e. The Morgan fingerprint density at radius 3 is 2.27 bits per heavy atom. The van der Waals surface area contributed by atoms with Crippen LogP contribution in [0.3, 0.4) is 0 Å². The van der Waals surface area contributed by atoms with Crippen LogP contribution in [0.4, 0.5) is 0 Å². The average molecular weight is 206 g/mol. The highest BCUT2D eigenvalue weighted by atomic mass is 16.2. The molecular weight excluding hydrogens is 188 g/mol. The molecule has 0 saturated carbocycles. The van der Waals surface area contributed by atoms with Crippen LogP contribution in [-0.2, 0) is 0 Å². The lowest BCUT2D eigenvalue weighted by atomic mass is 10.0. The number of hydrogen-bond acceptors (Lipinski definition) is 2. The summed E-state index contributed by atoms with van der Waals surface area (Å²) < 4.78 is 0. The van der Waals surface area contributed by atoms with E-state index in [4.69, 9.17) is 0 Å². The van der Waals surface area contributed by atoms with Crippen LogP contribution in [-0.4, -0.2) is 27.9 Å². The summed E-state index contributed by atoms with van der Waals surface area (Å²) in [7, 11) is 0. The van der Waals surface area contributed by atoms with Gasteiger partial charge in [0.15, 0.2) is 0 Å². The van der Waals surface area contributed by atoms with Crippen molar-refractivity contribution in [2.45, 2.75) is 33.2 Å². The highest BCUT2D eigenvalue weighted by molar-refractivity contribution is 5.94. The molecule has 15 heavy (non-hydrogen) atoms. The second kappa shape index (κ2) is 4.43. The van der Waals surface area contributed by atoms with Crippen LogP contribution in [0.5, 0.6) is 0 Å². The molecule has 0 aromatic carbocycles. The van der Waals surface area contributed by atoms with Crippen molar-refractivity contribution in [1.29, 1.82) is 0 Å². The molecule has 1 aromatic rings. The zero-order chi connectivity index (χ0) is 11.5. The molecule has 0 unspecified atom stereocenters. The number of pyridine rings is 1. The van der Waals surface area contributed by atoms with Gasteiger partial charge in [-0.2, -0.15) is 0 Å². The van der Waals surface area contributed by atoms with Crippen molar-refractivity contribution in [2.24, 2.45) is 0 Å². The Labute approximate surface area is 91.1 Å². The van der Waals surface area contributed by atoms with Gasteiger partial charge in [0.05, 0.1) is 0 Å². The average Bonchev–Trinajstić information content (AvgIpc) is 2.18. The lowest BCUT2D eigenvalue weighted by molar-refractivity contribution is 0.0599. The molecule has 0 atom stereocenters. The van der Waals surface area contributed by atoms with Crippen LogP contribution in [0.1, 0.15) is 38.1 Å². The number of amides is 1. The van der Waals surface area contributed by atoms with Gasteiger partial charge in [-0.15, -0.1) is 0 Å². The molecule has 0 aliphatic heterocycles. The minimum atomic E-state index is -0.144. The molecule has 3 nitrogen and oxygen atoms in total. The van der Waals surface area contributed by atoms with Gasteiger partial charge in [-0.05, 0) is 39.8 Å². The van der Waals surface area contributed by atoms with Crippen LogP contribution in [0.25, 0.3) is 0 Å². The van der Waals surface area contributed by atoms with Gasteiger partial charge in [-0.1, -0.05) is 0 Å². The first-order valence-electron chi connectivity index (χ1n) is 5.19. The number of hydrogen-bond donors (Lipinski definition) is 0. The summed E-state index contributed by atoms with van der Waals surface area (Å²) in [5.41, 5.74) is 0.552. The van der Waals surface area contributed by atoms with E-state index in [-0.39, 0.29) is 11.4 Å². The number of carbonyl (C=O) groups is 1. The number of rotatable bonds is 2. The van der Waals surface area contributed by atoms with E-state index in [2.05, 4.69) is 4.98 Å². The number of nitrogens with zero attached hydrogens (tertiary/aromatic N) is 2. The van der Waals surface area contributed by atoms with Gasteiger partial charge in [-0.3, -0.25) is 9.78 Å². The molecule has 0 spiro atoms. The third kappa shape index (κ3) is 2.78. The monoisotopic (exact) mass is 206 g/mol. The van der Waals surface area contributed by atoms with Gasteiger partial charge in [0.25, 0.3) is 5.91 Å². The molecule has 0 aliphatic carbocycles. The topological polar surface area (TPSA) is 33.2 Å². The Hall–Kier alpha value is -1.38. The van der Waals surface area contributed by atoms with E-state index in [0.29, 0.717) is 12.1 Å². The largest absolute Gasteiger partial charge is 0.334 e. The van der Waals surface area contributed by atoms with Gasteiger partial charge in [0, 0.05) is 30.0 Å². The fourth-order valence-corrected chi connectivity index (χ4v) is 1.57. The first-order chi connectivity index (χ1) is 6.96. The van der Waals surface area contributed by atoms with E-state index < -0.39 is 0 Å². The summed E-state index contributed by atoms with van der Waals surface area (Å²) in [5, 5.41) is 0. The maximum Gasteiger partial charge on any atom is 0.254 e. The van der Waals surface area contributed by atoms with E-state index in [1.807, 2.05) is 32.6 Å². The zero-order valence-corrected chi connectivity index (χ0v) is 9.82. The molecule has 1 amide bonds. The fraction of sp³-hybridized carbons (Fsp3) is 0.500. The number of aromatic nitrogens is 1. The van der Waals surface area contributed by atoms with Gasteiger partial charge in [-0.25, -0.2) is 0 Å². The van der Waals surface area contributed by atoms with Gasteiger partial charge in [0.1, 0.15) is 0 Å². The lowest BCUT2D eigenvalue weighted by Crippen LogP contribution is -2.45. The molecule has 0 radical (unpaired) electrons. The molecule has 0 bridgehead atoms. The van der Waals surface area contributed by atoms with Crippen molar-refractivity contribution >= 4 is 5.91 Å². The molecule has 82 valence electrons. The summed E-state index contributed by atoms with van der Waals surface area (Å²) >= 11 is 0. The normalized spacial score (nSPS) is 11.2. The van der Waals surface area contributed by atoms with Crippen LogP contribution >= 0.6 is 0 Å². The third-order valence-corrected chi connectivity index (χ3v) is 2.30. The fourth-order valence-electron chi connectivity index (χ4n) is 1.57. The van der Waals surface area contributed by atoms with Gasteiger partial charge >= 0.3 is 0 Å².